The number of halogens is 1. The van der Waals surface area contributed by atoms with Crippen molar-refractivity contribution in [2.75, 3.05) is 18.1 Å². The minimum Gasteiger partial charge on any atom is -0.348 e. The van der Waals surface area contributed by atoms with Gasteiger partial charge in [0.15, 0.2) is 0 Å². The third kappa shape index (κ3) is 4.92. The van der Waals surface area contributed by atoms with E-state index in [0.717, 1.165) is 5.56 Å². The fourth-order valence-corrected chi connectivity index (χ4v) is 3.48. The van der Waals surface area contributed by atoms with Gasteiger partial charge in [-0.2, -0.15) is 0 Å². The highest BCUT2D eigenvalue weighted by Gasteiger charge is 2.22. The minimum atomic E-state index is -0.187. The van der Waals surface area contributed by atoms with Crippen LogP contribution in [0.2, 0.25) is 5.02 Å². The van der Waals surface area contributed by atoms with E-state index in [9.17, 15) is 9.59 Å². The Kier molecular flexibility index (Phi) is 6.29. The number of carbonyl (C=O) groups is 2. The van der Waals surface area contributed by atoms with E-state index >= 15 is 0 Å². The summed E-state index contributed by atoms with van der Waals surface area (Å²) in [5.41, 5.74) is 1.98. The van der Waals surface area contributed by atoms with E-state index in [1.165, 1.54) is 0 Å². The van der Waals surface area contributed by atoms with Gasteiger partial charge < -0.3 is 15.1 Å². The molecule has 1 aliphatic rings. The molecular weight excluding hydrogens is 412 g/mol. The molecule has 1 aromatic heterocycles. The molecule has 7 heteroatoms. The Labute approximate surface area is 185 Å². The van der Waals surface area contributed by atoms with Gasteiger partial charge in [-0.3, -0.25) is 9.59 Å². The predicted molar refractivity (Wildman–Crippen MR) is 121 cm³/mol. The lowest BCUT2D eigenvalue weighted by molar-refractivity contribution is 0.0771. The van der Waals surface area contributed by atoms with Crippen molar-refractivity contribution in [2.24, 2.45) is 0 Å². The number of nitrogens with one attached hydrogen (secondary N) is 1. The SMILES string of the molecule is O=C(NCc1ccccc1)c1ccc(N2C=CCN(C(=O)c3ccccc3Cl)C2)nc1. The van der Waals surface area contributed by atoms with Crippen molar-refractivity contribution < 1.29 is 9.59 Å². The lowest BCUT2D eigenvalue weighted by atomic mass is 10.2. The molecule has 6 nitrogen and oxygen atoms in total. The van der Waals surface area contributed by atoms with Gasteiger partial charge in [0.25, 0.3) is 11.8 Å². The minimum absolute atomic E-state index is 0.142. The van der Waals surface area contributed by atoms with Crippen LogP contribution in [0, 0.1) is 0 Å². The quantitative estimate of drug-likeness (QED) is 0.659. The van der Waals surface area contributed by atoms with Crippen LogP contribution in [0.25, 0.3) is 0 Å². The molecule has 156 valence electrons. The van der Waals surface area contributed by atoms with Gasteiger partial charge in [0.05, 0.1) is 22.8 Å². The summed E-state index contributed by atoms with van der Waals surface area (Å²) in [6.07, 6.45) is 5.31. The summed E-state index contributed by atoms with van der Waals surface area (Å²) in [5, 5.41) is 3.32. The van der Waals surface area contributed by atoms with E-state index in [2.05, 4.69) is 10.3 Å². The van der Waals surface area contributed by atoms with Gasteiger partial charge in [-0.05, 0) is 35.9 Å². The molecule has 0 spiro atoms. The molecule has 0 bridgehead atoms. The number of hydrogen-bond donors (Lipinski definition) is 1. The van der Waals surface area contributed by atoms with Crippen LogP contribution < -0.4 is 10.2 Å². The molecular formula is C24H21ClN4O2. The largest absolute Gasteiger partial charge is 0.348 e. The highest BCUT2D eigenvalue weighted by atomic mass is 35.5. The first kappa shape index (κ1) is 20.6. The van der Waals surface area contributed by atoms with Crippen LogP contribution in [0.15, 0.2) is 85.2 Å². The molecule has 0 aliphatic carbocycles. The molecule has 2 aromatic carbocycles. The summed E-state index contributed by atoms with van der Waals surface area (Å²) >= 11 is 6.17. The molecule has 31 heavy (non-hydrogen) atoms. The first-order valence-corrected chi connectivity index (χ1v) is 10.2. The van der Waals surface area contributed by atoms with E-state index in [1.807, 2.05) is 47.5 Å². The maximum atomic E-state index is 12.8. The number of pyridine rings is 1. The van der Waals surface area contributed by atoms with E-state index in [-0.39, 0.29) is 11.8 Å². The number of aromatic nitrogens is 1. The Morgan fingerprint density at radius 2 is 1.77 bits per heavy atom. The third-order valence-electron chi connectivity index (χ3n) is 4.93. The smallest absolute Gasteiger partial charge is 0.257 e. The summed E-state index contributed by atoms with van der Waals surface area (Å²) in [4.78, 5) is 33.2. The van der Waals surface area contributed by atoms with Crippen molar-refractivity contribution in [3.05, 3.63) is 107 Å². The number of benzene rings is 2. The maximum absolute atomic E-state index is 12.8. The standard InChI is InChI=1S/C24H21ClN4O2/c25-21-10-5-4-9-20(21)24(31)29-14-6-13-28(17-29)22-12-11-19(16-26-22)23(30)27-15-18-7-2-1-3-8-18/h1-13,16H,14-15,17H2,(H,27,30). The Balaban J connectivity index is 1.40. The van der Waals surface area contributed by atoms with Crippen molar-refractivity contribution >= 4 is 29.2 Å². The van der Waals surface area contributed by atoms with E-state index < -0.39 is 0 Å². The zero-order chi connectivity index (χ0) is 21.6. The summed E-state index contributed by atoms with van der Waals surface area (Å²) < 4.78 is 0. The monoisotopic (exact) mass is 432 g/mol. The van der Waals surface area contributed by atoms with Crippen LogP contribution in [-0.4, -0.2) is 34.9 Å². The maximum Gasteiger partial charge on any atom is 0.257 e. The molecule has 0 fully saturated rings. The van der Waals surface area contributed by atoms with Gasteiger partial charge in [0.1, 0.15) is 5.82 Å². The van der Waals surface area contributed by atoms with Crippen molar-refractivity contribution in [1.82, 2.24) is 15.2 Å². The normalized spacial score (nSPS) is 13.2. The Hall–Kier alpha value is -3.64. The van der Waals surface area contributed by atoms with Gasteiger partial charge in [-0.15, -0.1) is 0 Å². The van der Waals surface area contributed by atoms with Gasteiger partial charge in [0.2, 0.25) is 0 Å². The summed E-state index contributed by atoms with van der Waals surface area (Å²) in [6, 6.07) is 20.2. The molecule has 2 amide bonds. The van der Waals surface area contributed by atoms with E-state index in [0.29, 0.717) is 41.7 Å². The average Bonchev–Trinajstić information content (AvgIpc) is 2.83. The van der Waals surface area contributed by atoms with Crippen LogP contribution in [0.4, 0.5) is 5.82 Å². The van der Waals surface area contributed by atoms with Gasteiger partial charge in [-0.1, -0.05) is 54.1 Å². The Morgan fingerprint density at radius 3 is 2.52 bits per heavy atom. The second-order valence-corrected chi connectivity index (χ2v) is 7.48. The van der Waals surface area contributed by atoms with Crippen LogP contribution in [0.3, 0.4) is 0 Å². The zero-order valence-electron chi connectivity index (χ0n) is 16.7. The molecule has 0 saturated heterocycles. The summed E-state index contributed by atoms with van der Waals surface area (Å²) in [6.45, 7) is 1.28. The average molecular weight is 433 g/mol. The highest BCUT2D eigenvalue weighted by Crippen LogP contribution is 2.20. The summed E-state index contributed by atoms with van der Waals surface area (Å²) in [5.74, 6) is 0.317. The highest BCUT2D eigenvalue weighted by molar-refractivity contribution is 6.33. The number of carbonyl (C=O) groups excluding carboxylic acids is 2. The van der Waals surface area contributed by atoms with Gasteiger partial charge in [-0.25, -0.2) is 4.98 Å². The number of nitrogens with zero attached hydrogens (tertiary/aromatic N) is 3. The van der Waals surface area contributed by atoms with Crippen LogP contribution in [0.1, 0.15) is 26.3 Å². The third-order valence-corrected chi connectivity index (χ3v) is 5.26. The molecule has 3 aromatic rings. The summed E-state index contributed by atoms with van der Waals surface area (Å²) in [7, 11) is 0. The molecule has 4 rings (SSSR count). The fraction of sp³-hybridized carbons (Fsp3) is 0.125. The van der Waals surface area contributed by atoms with Crippen molar-refractivity contribution in [3.63, 3.8) is 0 Å². The lowest BCUT2D eigenvalue weighted by Crippen LogP contribution is -2.42. The molecule has 0 saturated carbocycles. The lowest BCUT2D eigenvalue weighted by Gasteiger charge is -2.32. The van der Waals surface area contributed by atoms with Gasteiger partial charge in [0, 0.05) is 25.5 Å². The van der Waals surface area contributed by atoms with Crippen molar-refractivity contribution in [1.29, 1.82) is 0 Å². The predicted octanol–water partition coefficient (Wildman–Crippen LogP) is 4.10. The topological polar surface area (TPSA) is 65.5 Å². The molecule has 0 atom stereocenters. The first-order valence-electron chi connectivity index (χ1n) is 9.87. The molecule has 1 aliphatic heterocycles. The number of hydrogen-bond acceptors (Lipinski definition) is 4. The van der Waals surface area contributed by atoms with E-state index in [1.54, 1.807) is 47.5 Å². The number of rotatable bonds is 5. The second kappa shape index (κ2) is 9.45. The Morgan fingerprint density at radius 1 is 1.00 bits per heavy atom. The van der Waals surface area contributed by atoms with Crippen molar-refractivity contribution in [3.8, 4) is 0 Å². The molecule has 1 N–H and O–H groups in total. The van der Waals surface area contributed by atoms with E-state index in [4.69, 9.17) is 11.6 Å². The second-order valence-electron chi connectivity index (χ2n) is 7.08. The van der Waals surface area contributed by atoms with Gasteiger partial charge >= 0.3 is 0 Å². The number of anilines is 1. The first-order chi connectivity index (χ1) is 15.1. The number of amides is 2. The zero-order valence-corrected chi connectivity index (χ0v) is 17.5. The molecule has 2 heterocycles. The van der Waals surface area contributed by atoms with Crippen molar-refractivity contribution in [2.45, 2.75) is 6.54 Å². The Bertz CT molecular complexity index is 1100. The molecule has 0 radical (unpaired) electrons. The van der Waals surface area contributed by atoms with Crippen LogP contribution in [-0.2, 0) is 6.54 Å². The fourth-order valence-electron chi connectivity index (χ4n) is 3.26. The van der Waals surface area contributed by atoms with Crippen LogP contribution in [0.5, 0.6) is 0 Å². The van der Waals surface area contributed by atoms with Crippen LogP contribution >= 0.6 is 11.6 Å². The molecule has 0 unspecified atom stereocenters.